The van der Waals surface area contributed by atoms with Crippen LogP contribution in [0.5, 0.6) is 0 Å². The van der Waals surface area contributed by atoms with Gasteiger partial charge in [-0.15, -0.1) is 0 Å². The van der Waals surface area contributed by atoms with Crippen molar-refractivity contribution in [1.29, 1.82) is 0 Å². The number of nitrogens with two attached hydrogens (primary N) is 2. The number of sulfone groups is 1. The average molecular weight is 337 g/mol. The fourth-order valence-electron chi connectivity index (χ4n) is 2.23. The van der Waals surface area contributed by atoms with Gasteiger partial charge in [-0.3, -0.25) is 4.79 Å². The van der Waals surface area contributed by atoms with E-state index in [1.165, 1.54) is 6.07 Å². The Balaban J connectivity index is 3.54. The van der Waals surface area contributed by atoms with E-state index in [-0.39, 0.29) is 16.4 Å². The number of rotatable bonds is 6. The fraction of sp³-hybridized carbons (Fsp3) is 0.375. The molecule has 23 heavy (non-hydrogen) atoms. The number of carbonyl (C=O) groups excluding carboxylic acids is 1. The molecule has 0 radical (unpaired) electrons. The van der Waals surface area contributed by atoms with Gasteiger partial charge >= 0.3 is 0 Å². The topological polar surface area (TPSA) is 116 Å². The summed E-state index contributed by atoms with van der Waals surface area (Å²) in [4.78, 5) is 15.8. The number of hydrogen-bond acceptors (Lipinski definition) is 3. The monoisotopic (exact) mass is 337 g/mol. The highest BCUT2D eigenvalue weighted by Crippen LogP contribution is 2.24. The summed E-state index contributed by atoms with van der Waals surface area (Å²) >= 11 is 0. The zero-order valence-corrected chi connectivity index (χ0v) is 14.5. The van der Waals surface area contributed by atoms with Gasteiger partial charge in [0.05, 0.1) is 4.90 Å². The summed E-state index contributed by atoms with van der Waals surface area (Å²) in [6.07, 6.45) is 6.93. The third kappa shape index (κ3) is 5.21. The maximum absolute atomic E-state index is 12.1. The van der Waals surface area contributed by atoms with Crippen LogP contribution in [0.3, 0.4) is 0 Å². The summed E-state index contributed by atoms with van der Waals surface area (Å²) in [5, 5.41) is 0. The smallest absolute Gasteiger partial charge is 0.280 e. The third-order valence-electron chi connectivity index (χ3n) is 3.27. The number of amides is 1. The molecule has 6 nitrogen and oxygen atoms in total. The molecular formula is C16H23N3O3S. The van der Waals surface area contributed by atoms with Crippen LogP contribution in [0.1, 0.15) is 41.8 Å². The van der Waals surface area contributed by atoms with Crippen molar-refractivity contribution in [1.82, 2.24) is 0 Å². The molecule has 1 aromatic carbocycles. The van der Waals surface area contributed by atoms with Gasteiger partial charge in [0.25, 0.3) is 5.91 Å². The van der Waals surface area contributed by atoms with Gasteiger partial charge in [0.2, 0.25) is 0 Å². The van der Waals surface area contributed by atoms with Gasteiger partial charge in [-0.05, 0) is 36.5 Å². The molecule has 0 unspecified atom stereocenters. The number of carbonyl (C=O) groups is 1. The van der Waals surface area contributed by atoms with E-state index < -0.39 is 15.7 Å². The first-order chi connectivity index (χ1) is 10.7. The summed E-state index contributed by atoms with van der Waals surface area (Å²) < 4.78 is 24.1. The summed E-state index contributed by atoms with van der Waals surface area (Å²) in [6, 6.07) is 3.11. The van der Waals surface area contributed by atoms with E-state index in [9.17, 15) is 13.2 Å². The van der Waals surface area contributed by atoms with Crippen LogP contribution in [-0.2, 0) is 22.7 Å². The Morgan fingerprint density at radius 1 is 1.17 bits per heavy atom. The molecule has 1 amide bonds. The Morgan fingerprint density at radius 2 is 1.83 bits per heavy atom. The van der Waals surface area contributed by atoms with Crippen LogP contribution in [-0.4, -0.2) is 26.5 Å². The quantitative estimate of drug-likeness (QED) is 0.464. The molecule has 126 valence electrons. The van der Waals surface area contributed by atoms with E-state index in [0.717, 1.165) is 12.7 Å². The molecule has 0 spiro atoms. The fourth-order valence-corrected chi connectivity index (χ4v) is 3.18. The number of benzene rings is 1. The van der Waals surface area contributed by atoms with Crippen molar-refractivity contribution in [3.05, 3.63) is 41.0 Å². The molecule has 0 aliphatic heterocycles. The number of nitrogens with zero attached hydrogens (tertiary/aromatic N) is 1. The maximum atomic E-state index is 12.1. The molecule has 0 fully saturated rings. The van der Waals surface area contributed by atoms with Crippen LogP contribution in [0.4, 0.5) is 0 Å². The molecule has 4 N–H and O–H groups in total. The molecule has 0 saturated heterocycles. The van der Waals surface area contributed by atoms with Gasteiger partial charge in [0, 0.05) is 11.8 Å². The third-order valence-corrected chi connectivity index (χ3v) is 4.45. The van der Waals surface area contributed by atoms with Crippen LogP contribution < -0.4 is 11.5 Å². The standard InChI is InChI=1S/C16H23N3O3S/c1-4-6-7-8-12-9-11(5-2)13(15(20)19-16(17)18)10-14(12)23(3,21)22/h6-7,9-10H,4-5,8H2,1-3H3,(H4,17,18,19,20)/b7-6+. The van der Waals surface area contributed by atoms with Crippen molar-refractivity contribution in [2.45, 2.75) is 38.0 Å². The minimum atomic E-state index is -3.48. The first-order valence-electron chi connectivity index (χ1n) is 7.35. The van der Waals surface area contributed by atoms with E-state index in [2.05, 4.69) is 4.99 Å². The second kappa shape index (κ2) is 7.92. The normalized spacial score (nSPS) is 11.6. The molecule has 0 aliphatic rings. The van der Waals surface area contributed by atoms with Crippen LogP contribution in [0, 0.1) is 0 Å². The van der Waals surface area contributed by atoms with Gasteiger partial charge < -0.3 is 11.5 Å². The number of aliphatic imine (C=N–C) groups is 1. The lowest BCUT2D eigenvalue weighted by atomic mass is 9.99. The van der Waals surface area contributed by atoms with Crippen molar-refractivity contribution in [3.63, 3.8) is 0 Å². The van der Waals surface area contributed by atoms with Crippen molar-refractivity contribution in [2.75, 3.05) is 6.26 Å². The lowest BCUT2D eigenvalue weighted by molar-refractivity contribution is 0.100. The average Bonchev–Trinajstić information content (AvgIpc) is 2.44. The largest absolute Gasteiger partial charge is 0.370 e. The lowest BCUT2D eigenvalue weighted by Crippen LogP contribution is -2.24. The molecule has 0 aromatic heterocycles. The highest BCUT2D eigenvalue weighted by atomic mass is 32.2. The highest BCUT2D eigenvalue weighted by molar-refractivity contribution is 7.90. The number of guanidine groups is 1. The van der Waals surface area contributed by atoms with Crippen LogP contribution in [0.25, 0.3) is 0 Å². The molecule has 0 heterocycles. The molecule has 7 heteroatoms. The Labute approximate surface area is 137 Å². The van der Waals surface area contributed by atoms with E-state index in [4.69, 9.17) is 11.5 Å². The van der Waals surface area contributed by atoms with E-state index >= 15 is 0 Å². The molecule has 0 atom stereocenters. The Bertz CT molecular complexity index is 746. The Kier molecular flexibility index (Phi) is 6.50. The predicted molar refractivity (Wildman–Crippen MR) is 92.2 cm³/mol. The number of hydrogen-bond donors (Lipinski definition) is 2. The summed E-state index contributed by atoms with van der Waals surface area (Å²) in [5.41, 5.74) is 12.1. The van der Waals surface area contributed by atoms with Crippen molar-refractivity contribution < 1.29 is 13.2 Å². The van der Waals surface area contributed by atoms with E-state index in [0.29, 0.717) is 24.0 Å². The first-order valence-corrected chi connectivity index (χ1v) is 9.24. The first kappa shape index (κ1) is 18.9. The van der Waals surface area contributed by atoms with Gasteiger partial charge in [-0.25, -0.2) is 8.42 Å². The molecule has 1 rings (SSSR count). The minimum absolute atomic E-state index is 0.129. The molecule has 0 aliphatic carbocycles. The predicted octanol–water partition coefficient (Wildman–Crippen LogP) is 1.57. The minimum Gasteiger partial charge on any atom is -0.370 e. The van der Waals surface area contributed by atoms with Crippen molar-refractivity contribution in [3.8, 4) is 0 Å². The highest BCUT2D eigenvalue weighted by Gasteiger charge is 2.19. The van der Waals surface area contributed by atoms with Crippen molar-refractivity contribution in [2.24, 2.45) is 16.5 Å². The Morgan fingerprint density at radius 3 is 2.30 bits per heavy atom. The molecule has 1 aromatic rings. The second-order valence-corrected chi connectivity index (χ2v) is 7.15. The van der Waals surface area contributed by atoms with E-state index in [1.807, 2.05) is 26.0 Å². The second-order valence-electron chi connectivity index (χ2n) is 5.17. The van der Waals surface area contributed by atoms with Gasteiger partial charge in [0.1, 0.15) is 0 Å². The molecule has 0 bridgehead atoms. The van der Waals surface area contributed by atoms with E-state index in [1.54, 1.807) is 6.07 Å². The number of aryl methyl sites for hydroxylation is 1. The van der Waals surface area contributed by atoms with Gasteiger partial charge in [-0.2, -0.15) is 4.99 Å². The summed E-state index contributed by atoms with van der Waals surface area (Å²) in [6.45, 7) is 3.88. The van der Waals surface area contributed by atoms with Gasteiger partial charge in [0.15, 0.2) is 15.8 Å². The molecule has 0 saturated carbocycles. The summed E-state index contributed by atoms with van der Waals surface area (Å²) in [7, 11) is -3.48. The zero-order valence-electron chi connectivity index (χ0n) is 13.7. The number of allylic oxidation sites excluding steroid dienone is 2. The molecular weight excluding hydrogens is 314 g/mol. The van der Waals surface area contributed by atoms with Crippen LogP contribution in [0.15, 0.2) is 34.2 Å². The maximum Gasteiger partial charge on any atom is 0.280 e. The van der Waals surface area contributed by atoms with Crippen LogP contribution >= 0.6 is 0 Å². The zero-order chi connectivity index (χ0) is 17.6. The van der Waals surface area contributed by atoms with Gasteiger partial charge in [-0.1, -0.05) is 32.1 Å². The summed E-state index contributed by atoms with van der Waals surface area (Å²) in [5.74, 6) is -0.990. The Hall–Kier alpha value is -2.15. The van der Waals surface area contributed by atoms with Crippen molar-refractivity contribution >= 4 is 21.7 Å². The van der Waals surface area contributed by atoms with Crippen LogP contribution in [0.2, 0.25) is 0 Å². The SMILES string of the molecule is CC/C=C/Cc1cc(CC)c(C(=O)N=C(N)N)cc1S(C)(=O)=O. The lowest BCUT2D eigenvalue weighted by Gasteiger charge is -2.12.